The highest BCUT2D eigenvalue weighted by molar-refractivity contribution is 6.29. The van der Waals surface area contributed by atoms with E-state index in [1.54, 1.807) is 12.3 Å². The van der Waals surface area contributed by atoms with Gasteiger partial charge in [-0.05, 0) is 30.7 Å². The minimum atomic E-state index is 0.0502. The number of aromatic nitrogens is 1. The van der Waals surface area contributed by atoms with Crippen LogP contribution in [0.4, 0.5) is 0 Å². The van der Waals surface area contributed by atoms with Crippen molar-refractivity contribution in [3.8, 4) is 5.75 Å². The highest BCUT2D eigenvalue weighted by Gasteiger charge is 2.27. The second-order valence-corrected chi connectivity index (χ2v) is 5.41. The number of benzene rings is 1. The van der Waals surface area contributed by atoms with E-state index in [9.17, 15) is 0 Å². The molecule has 1 aromatic heterocycles. The summed E-state index contributed by atoms with van der Waals surface area (Å²) in [7, 11) is 0. The van der Waals surface area contributed by atoms with Crippen molar-refractivity contribution < 1.29 is 4.74 Å². The molecule has 0 unspecified atom stereocenters. The molecule has 3 nitrogen and oxygen atoms in total. The molecule has 20 heavy (non-hydrogen) atoms. The van der Waals surface area contributed by atoms with Crippen LogP contribution < -0.4 is 10.1 Å². The number of hydrogen-bond donors (Lipinski definition) is 1. The van der Waals surface area contributed by atoms with Crippen LogP contribution in [0.15, 0.2) is 48.7 Å². The maximum absolute atomic E-state index is 6.18. The Bertz CT molecular complexity index is 538. The average molecular weight is 289 g/mol. The molecule has 0 aliphatic carbocycles. The average Bonchev–Trinajstić information content (AvgIpc) is 3.01. The first-order valence-corrected chi connectivity index (χ1v) is 7.24. The molecule has 2 atom stereocenters. The van der Waals surface area contributed by atoms with Gasteiger partial charge in [-0.2, -0.15) is 0 Å². The van der Waals surface area contributed by atoms with E-state index in [0.29, 0.717) is 11.1 Å². The third-order valence-electron chi connectivity index (χ3n) is 3.62. The fourth-order valence-corrected chi connectivity index (χ4v) is 2.70. The minimum Gasteiger partial charge on any atom is -0.484 e. The maximum Gasteiger partial charge on any atom is 0.138 e. The SMILES string of the molecule is Clc1ccc(O[C@@H](c2ccccc2)[C@H]2CCNC2)cn1. The molecule has 0 radical (unpaired) electrons. The zero-order valence-corrected chi connectivity index (χ0v) is 11.9. The van der Waals surface area contributed by atoms with E-state index < -0.39 is 0 Å². The minimum absolute atomic E-state index is 0.0502. The molecule has 1 aliphatic heterocycles. The molecular weight excluding hydrogens is 272 g/mol. The smallest absolute Gasteiger partial charge is 0.138 e. The van der Waals surface area contributed by atoms with Gasteiger partial charge in [-0.15, -0.1) is 0 Å². The number of pyridine rings is 1. The quantitative estimate of drug-likeness (QED) is 0.875. The van der Waals surface area contributed by atoms with Crippen LogP contribution in [0.3, 0.4) is 0 Å². The predicted octanol–water partition coefficient (Wildman–Crippen LogP) is 3.46. The van der Waals surface area contributed by atoms with E-state index >= 15 is 0 Å². The van der Waals surface area contributed by atoms with Gasteiger partial charge in [-0.1, -0.05) is 41.9 Å². The van der Waals surface area contributed by atoms with E-state index in [2.05, 4.69) is 22.4 Å². The standard InChI is InChI=1S/C16H17ClN2O/c17-15-7-6-14(11-19-15)20-16(13-8-9-18-10-13)12-4-2-1-3-5-12/h1-7,11,13,16,18H,8-10H2/t13-,16-/m0/s1. The zero-order valence-electron chi connectivity index (χ0n) is 11.1. The summed E-state index contributed by atoms with van der Waals surface area (Å²) in [4.78, 5) is 4.08. The molecule has 0 amide bonds. The van der Waals surface area contributed by atoms with Gasteiger partial charge in [0.2, 0.25) is 0 Å². The molecule has 0 bridgehead atoms. The highest BCUT2D eigenvalue weighted by atomic mass is 35.5. The monoisotopic (exact) mass is 288 g/mol. The van der Waals surface area contributed by atoms with Crippen LogP contribution in [0, 0.1) is 5.92 Å². The third-order valence-corrected chi connectivity index (χ3v) is 3.84. The van der Waals surface area contributed by atoms with Gasteiger partial charge in [0.25, 0.3) is 0 Å². The van der Waals surface area contributed by atoms with Gasteiger partial charge >= 0.3 is 0 Å². The first-order valence-electron chi connectivity index (χ1n) is 6.87. The van der Waals surface area contributed by atoms with Gasteiger partial charge < -0.3 is 10.1 Å². The summed E-state index contributed by atoms with van der Waals surface area (Å²) < 4.78 is 6.18. The van der Waals surface area contributed by atoms with Gasteiger partial charge in [0.1, 0.15) is 17.0 Å². The van der Waals surface area contributed by atoms with Gasteiger partial charge in [0, 0.05) is 12.5 Å². The van der Waals surface area contributed by atoms with Gasteiger partial charge in [0.05, 0.1) is 6.20 Å². The Kier molecular flexibility index (Phi) is 4.19. The summed E-state index contributed by atoms with van der Waals surface area (Å²) in [6.07, 6.45) is 2.86. The van der Waals surface area contributed by atoms with E-state index in [1.165, 1.54) is 5.56 Å². The number of halogens is 1. The van der Waals surface area contributed by atoms with Gasteiger partial charge in [0.15, 0.2) is 0 Å². The van der Waals surface area contributed by atoms with Crippen molar-refractivity contribution in [2.45, 2.75) is 12.5 Å². The van der Waals surface area contributed by atoms with Gasteiger partial charge in [-0.3, -0.25) is 0 Å². The van der Waals surface area contributed by atoms with E-state index in [0.717, 1.165) is 25.3 Å². The van der Waals surface area contributed by atoms with Crippen LogP contribution in [0.5, 0.6) is 5.75 Å². The van der Waals surface area contributed by atoms with Crippen molar-refractivity contribution in [2.75, 3.05) is 13.1 Å². The lowest BCUT2D eigenvalue weighted by Crippen LogP contribution is -2.21. The molecule has 4 heteroatoms. The molecule has 1 aromatic carbocycles. The van der Waals surface area contributed by atoms with Crippen LogP contribution in [-0.4, -0.2) is 18.1 Å². The number of nitrogens with one attached hydrogen (secondary N) is 1. The van der Waals surface area contributed by atoms with Crippen molar-refractivity contribution in [1.29, 1.82) is 0 Å². The molecule has 104 valence electrons. The maximum atomic E-state index is 6.18. The number of hydrogen-bond acceptors (Lipinski definition) is 3. The van der Waals surface area contributed by atoms with Crippen molar-refractivity contribution in [2.24, 2.45) is 5.92 Å². The second-order valence-electron chi connectivity index (χ2n) is 5.02. The van der Waals surface area contributed by atoms with Crippen molar-refractivity contribution in [1.82, 2.24) is 10.3 Å². The van der Waals surface area contributed by atoms with Crippen LogP contribution in [0.2, 0.25) is 5.15 Å². The van der Waals surface area contributed by atoms with Crippen molar-refractivity contribution in [3.05, 3.63) is 59.4 Å². The van der Waals surface area contributed by atoms with Gasteiger partial charge in [-0.25, -0.2) is 4.98 Å². The molecule has 1 saturated heterocycles. The Hall–Kier alpha value is -1.58. The fraction of sp³-hybridized carbons (Fsp3) is 0.312. The Morgan fingerprint density at radius 1 is 1.20 bits per heavy atom. The summed E-state index contributed by atoms with van der Waals surface area (Å²) in [6.45, 7) is 2.04. The Labute approximate surface area is 123 Å². The summed E-state index contributed by atoms with van der Waals surface area (Å²) in [5.74, 6) is 1.24. The predicted molar refractivity (Wildman–Crippen MR) is 80.0 cm³/mol. The van der Waals surface area contributed by atoms with E-state index in [1.807, 2.05) is 24.3 Å². The Morgan fingerprint density at radius 2 is 2.05 bits per heavy atom. The molecular formula is C16H17ClN2O. The van der Waals surface area contributed by atoms with Crippen LogP contribution >= 0.6 is 11.6 Å². The summed E-state index contributed by atoms with van der Waals surface area (Å²) >= 11 is 5.82. The van der Waals surface area contributed by atoms with Crippen LogP contribution in [0.1, 0.15) is 18.1 Å². The molecule has 2 heterocycles. The number of nitrogens with zero attached hydrogens (tertiary/aromatic N) is 1. The van der Waals surface area contributed by atoms with Crippen molar-refractivity contribution in [3.63, 3.8) is 0 Å². The van der Waals surface area contributed by atoms with E-state index in [-0.39, 0.29) is 6.10 Å². The van der Waals surface area contributed by atoms with Crippen molar-refractivity contribution >= 4 is 11.6 Å². The molecule has 3 rings (SSSR count). The lowest BCUT2D eigenvalue weighted by molar-refractivity contribution is 0.144. The summed E-state index contributed by atoms with van der Waals surface area (Å²) in [6, 6.07) is 14.0. The molecule has 0 spiro atoms. The zero-order chi connectivity index (χ0) is 13.8. The first-order chi connectivity index (χ1) is 9.83. The molecule has 1 aliphatic rings. The number of ether oxygens (including phenoxy) is 1. The van der Waals surface area contributed by atoms with Crippen LogP contribution in [0.25, 0.3) is 0 Å². The summed E-state index contributed by atoms with van der Waals surface area (Å²) in [5, 5.41) is 3.88. The molecule has 1 N–H and O–H groups in total. The first kappa shape index (κ1) is 13.4. The van der Waals surface area contributed by atoms with Crippen LogP contribution in [-0.2, 0) is 0 Å². The highest BCUT2D eigenvalue weighted by Crippen LogP contribution is 2.31. The fourth-order valence-electron chi connectivity index (χ4n) is 2.59. The van der Waals surface area contributed by atoms with E-state index in [4.69, 9.17) is 16.3 Å². The Morgan fingerprint density at radius 3 is 2.70 bits per heavy atom. The molecule has 2 aromatic rings. The Balaban J connectivity index is 1.83. The third kappa shape index (κ3) is 3.11. The topological polar surface area (TPSA) is 34.1 Å². The normalized spacial score (nSPS) is 19.8. The number of rotatable bonds is 4. The molecule has 0 saturated carbocycles. The summed E-state index contributed by atoms with van der Waals surface area (Å²) in [5.41, 5.74) is 1.20. The lowest BCUT2D eigenvalue weighted by Gasteiger charge is -2.24. The largest absolute Gasteiger partial charge is 0.484 e. The molecule has 1 fully saturated rings. The lowest BCUT2D eigenvalue weighted by atomic mass is 9.95. The second kappa shape index (κ2) is 6.25.